The van der Waals surface area contributed by atoms with Crippen LogP contribution in [0.15, 0.2) is 54.3 Å². The number of halogens is 1. The average Bonchev–Trinajstić information content (AvgIpc) is 2.91. The van der Waals surface area contributed by atoms with Crippen molar-refractivity contribution in [3.63, 3.8) is 0 Å². The van der Waals surface area contributed by atoms with Crippen molar-refractivity contribution in [2.45, 2.75) is 0 Å². The lowest BCUT2D eigenvalue weighted by Crippen LogP contribution is -2.18. The van der Waals surface area contributed by atoms with Gasteiger partial charge in [-0.25, -0.2) is 0 Å². The number of benzene rings is 1. The van der Waals surface area contributed by atoms with Crippen molar-refractivity contribution in [1.29, 1.82) is 0 Å². The zero-order valence-corrected chi connectivity index (χ0v) is 13.6. The maximum atomic E-state index is 6.03. The van der Waals surface area contributed by atoms with Gasteiger partial charge in [0.15, 0.2) is 0 Å². The third kappa shape index (κ3) is 3.49. The first-order valence-corrected chi connectivity index (χ1v) is 7.81. The maximum absolute atomic E-state index is 6.03. The van der Waals surface area contributed by atoms with E-state index in [0.717, 1.165) is 29.7 Å². The Morgan fingerprint density at radius 3 is 2.95 bits per heavy atom. The first-order valence-electron chi connectivity index (χ1n) is 7.43. The number of fused-ring (bicyclic) bond motifs is 1. The fourth-order valence-electron chi connectivity index (χ4n) is 2.76. The molecule has 1 aliphatic carbocycles. The molecule has 0 fully saturated rings. The zero-order chi connectivity index (χ0) is 15.5. The number of aromatic nitrogens is 1. The number of hydrogen-bond donors (Lipinski definition) is 1. The Bertz CT molecular complexity index is 734. The van der Waals surface area contributed by atoms with Crippen LogP contribution in [0.3, 0.4) is 0 Å². The standard InChI is InChI=1S/C18H20ClN3/c1-22(2)12-14-4-3-13(9-14)11-21-17-7-8-20-18-10-15(19)5-6-16(17)18/h3-10,14H,11-12H2,1-2H3,(H,20,21). The summed E-state index contributed by atoms with van der Waals surface area (Å²) in [5, 5.41) is 5.32. The molecule has 1 aliphatic rings. The molecule has 1 atom stereocenters. The average molecular weight is 314 g/mol. The fraction of sp³-hybridized carbons (Fsp3) is 0.278. The van der Waals surface area contributed by atoms with Crippen LogP contribution >= 0.6 is 11.6 Å². The van der Waals surface area contributed by atoms with Crippen LogP contribution in [0.4, 0.5) is 5.69 Å². The van der Waals surface area contributed by atoms with Gasteiger partial charge in [0, 0.05) is 41.3 Å². The van der Waals surface area contributed by atoms with Crippen LogP contribution in [-0.4, -0.2) is 37.1 Å². The highest BCUT2D eigenvalue weighted by atomic mass is 35.5. The Hall–Kier alpha value is -1.84. The SMILES string of the molecule is CN(C)CC1C=CC(CNc2ccnc3cc(Cl)ccc23)=C1. The maximum Gasteiger partial charge on any atom is 0.0737 e. The minimum absolute atomic E-state index is 0.514. The molecule has 1 heterocycles. The lowest BCUT2D eigenvalue weighted by Gasteiger charge is -2.12. The fourth-order valence-corrected chi connectivity index (χ4v) is 2.93. The predicted octanol–water partition coefficient (Wildman–Crippen LogP) is 3.97. The highest BCUT2D eigenvalue weighted by Crippen LogP contribution is 2.25. The molecule has 0 spiro atoms. The van der Waals surface area contributed by atoms with Crippen LogP contribution in [-0.2, 0) is 0 Å². The van der Waals surface area contributed by atoms with Gasteiger partial charge in [0.2, 0.25) is 0 Å². The molecule has 0 aliphatic heterocycles. The van der Waals surface area contributed by atoms with Crippen molar-refractivity contribution in [2.24, 2.45) is 5.92 Å². The molecule has 3 rings (SSSR count). The van der Waals surface area contributed by atoms with Gasteiger partial charge in [-0.1, -0.05) is 29.8 Å². The van der Waals surface area contributed by atoms with Crippen molar-refractivity contribution in [2.75, 3.05) is 32.5 Å². The second-order valence-electron chi connectivity index (χ2n) is 5.90. The molecule has 1 aromatic heterocycles. The Balaban J connectivity index is 1.71. The van der Waals surface area contributed by atoms with E-state index in [1.54, 1.807) is 0 Å². The largest absolute Gasteiger partial charge is 0.380 e. The third-order valence-corrected chi connectivity index (χ3v) is 3.98. The topological polar surface area (TPSA) is 28.2 Å². The van der Waals surface area contributed by atoms with Crippen LogP contribution in [0.25, 0.3) is 10.9 Å². The molecule has 0 bridgehead atoms. The number of pyridine rings is 1. The van der Waals surface area contributed by atoms with Crippen molar-refractivity contribution in [1.82, 2.24) is 9.88 Å². The van der Waals surface area contributed by atoms with E-state index >= 15 is 0 Å². The highest BCUT2D eigenvalue weighted by molar-refractivity contribution is 6.31. The van der Waals surface area contributed by atoms with Crippen molar-refractivity contribution in [3.05, 3.63) is 59.3 Å². The smallest absolute Gasteiger partial charge is 0.0737 e. The number of hydrogen-bond acceptors (Lipinski definition) is 3. The Labute approximate surface area is 136 Å². The van der Waals surface area contributed by atoms with E-state index in [0.29, 0.717) is 10.9 Å². The summed E-state index contributed by atoms with van der Waals surface area (Å²) in [6, 6.07) is 7.82. The van der Waals surface area contributed by atoms with Crippen molar-refractivity contribution in [3.8, 4) is 0 Å². The van der Waals surface area contributed by atoms with E-state index in [9.17, 15) is 0 Å². The Morgan fingerprint density at radius 1 is 1.27 bits per heavy atom. The third-order valence-electron chi connectivity index (χ3n) is 3.75. The lowest BCUT2D eigenvalue weighted by atomic mass is 10.1. The summed E-state index contributed by atoms with van der Waals surface area (Å²) in [6.07, 6.45) is 8.62. The van der Waals surface area contributed by atoms with Gasteiger partial charge in [-0.3, -0.25) is 4.98 Å². The summed E-state index contributed by atoms with van der Waals surface area (Å²) in [6.45, 7) is 1.87. The molecule has 22 heavy (non-hydrogen) atoms. The molecular formula is C18H20ClN3. The van der Waals surface area contributed by atoms with Gasteiger partial charge >= 0.3 is 0 Å². The van der Waals surface area contributed by atoms with E-state index in [1.807, 2.05) is 30.5 Å². The summed E-state index contributed by atoms with van der Waals surface area (Å²) in [5.41, 5.74) is 3.33. The van der Waals surface area contributed by atoms with Crippen molar-refractivity contribution >= 4 is 28.2 Å². The van der Waals surface area contributed by atoms with Crippen LogP contribution in [0, 0.1) is 5.92 Å². The highest BCUT2D eigenvalue weighted by Gasteiger charge is 2.10. The van der Waals surface area contributed by atoms with E-state index < -0.39 is 0 Å². The number of anilines is 1. The van der Waals surface area contributed by atoms with E-state index in [1.165, 1.54) is 5.57 Å². The Morgan fingerprint density at radius 2 is 2.14 bits per heavy atom. The second-order valence-corrected chi connectivity index (χ2v) is 6.34. The van der Waals surface area contributed by atoms with Crippen LogP contribution < -0.4 is 5.32 Å². The summed E-state index contributed by atoms with van der Waals surface area (Å²) < 4.78 is 0. The van der Waals surface area contributed by atoms with Gasteiger partial charge in [0.05, 0.1) is 5.52 Å². The molecule has 0 saturated heterocycles. The molecule has 2 aromatic rings. The Kier molecular flexibility index (Phi) is 4.46. The normalized spacial score (nSPS) is 17.3. The minimum Gasteiger partial charge on any atom is -0.380 e. The van der Waals surface area contributed by atoms with Gasteiger partial charge < -0.3 is 10.2 Å². The van der Waals surface area contributed by atoms with Gasteiger partial charge in [0.1, 0.15) is 0 Å². The van der Waals surface area contributed by atoms with E-state index in [2.05, 4.69) is 47.5 Å². The molecule has 0 radical (unpaired) electrons. The van der Waals surface area contributed by atoms with Gasteiger partial charge in [-0.15, -0.1) is 0 Å². The quantitative estimate of drug-likeness (QED) is 0.905. The van der Waals surface area contributed by atoms with Gasteiger partial charge in [-0.2, -0.15) is 0 Å². The molecule has 1 unspecified atom stereocenters. The van der Waals surface area contributed by atoms with Gasteiger partial charge in [-0.05, 0) is 43.9 Å². The summed E-state index contributed by atoms with van der Waals surface area (Å²) in [5.74, 6) is 0.514. The number of nitrogens with one attached hydrogen (secondary N) is 1. The number of rotatable bonds is 5. The molecule has 4 heteroatoms. The van der Waals surface area contributed by atoms with Crippen LogP contribution in [0.2, 0.25) is 5.02 Å². The molecule has 1 aromatic carbocycles. The monoisotopic (exact) mass is 313 g/mol. The van der Waals surface area contributed by atoms with Gasteiger partial charge in [0.25, 0.3) is 0 Å². The molecule has 0 amide bonds. The van der Waals surface area contributed by atoms with Crippen LogP contribution in [0.1, 0.15) is 0 Å². The zero-order valence-electron chi connectivity index (χ0n) is 12.9. The van der Waals surface area contributed by atoms with Crippen LogP contribution in [0.5, 0.6) is 0 Å². The summed E-state index contributed by atoms with van der Waals surface area (Å²) in [7, 11) is 4.21. The summed E-state index contributed by atoms with van der Waals surface area (Å²) >= 11 is 6.03. The van der Waals surface area contributed by atoms with E-state index in [-0.39, 0.29) is 0 Å². The molecule has 3 nitrogen and oxygen atoms in total. The molecule has 0 saturated carbocycles. The van der Waals surface area contributed by atoms with E-state index in [4.69, 9.17) is 11.6 Å². The number of nitrogens with zero attached hydrogens (tertiary/aromatic N) is 2. The predicted molar refractivity (Wildman–Crippen MR) is 94.5 cm³/mol. The summed E-state index contributed by atoms with van der Waals surface area (Å²) in [4.78, 5) is 6.58. The first-order chi connectivity index (χ1) is 10.6. The molecule has 1 N–H and O–H groups in total. The van der Waals surface area contributed by atoms with Crippen molar-refractivity contribution < 1.29 is 0 Å². The first kappa shape index (κ1) is 15.1. The minimum atomic E-state index is 0.514. The second kappa shape index (κ2) is 6.51. The lowest BCUT2D eigenvalue weighted by molar-refractivity contribution is 0.386. The molecule has 114 valence electrons. The molecular weight excluding hydrogens is 294 g/mol.